The number of hydrogen-bond donors (Lipinski definition) is 2. The number of pyridine rings is 1. The molecule has 1 saturated carbocycles. The van der Waals surface area contributed by atoms with Gasteiger partial charge in [-0.15, -0.1) is 0 Å². The summed E-state index contributed by atoms with van der Waals surface area (Å²) in [6, 6.07) is 6.13. The first-order chi connectivity index (χ1) is 13.5. The molecule has 1 heterocycles. The van der Waals surface area contributed by atoms with E-state index in [0.29, 0.717) is 28.6 Å². The van der Waals surface area contributed by atoms with Crippen molar-refractivity contribution in [3.63, 3.8) is 0 Å². The molecule has 28 heavy (non-hydrogen) atoms. The quantitative estimate of drug-likeness (QED) is 0.650. The molecule has 0 bridgehead atoms. The molecule has 1 aliphatic carbocycles. The SMILES string of the molecule is O=C(NCCC1CCCCC1)c1cc(-c2ncc(Cl)cc2C(=O)O)ccc1Cl. The molecule has 7 heteroatoms. The number of hydrogen-bond acceptors (Lipinski definition) is 3. The number of aromatic nitrogens is 1. The van der Waals surface area contributed by atoms with Crippen molar-refractivity contribution in [3.05, 3.63) is 51.6 Å². The van der Waals surface area contributed by atoms with Gasteiger partial charge in [-0.25, -0.2) is 4.79 Å². The Morgan fingerprint density at radius 2 is 1.86 bits per heavy atom. The summed E-state index contributed by atoms with van der Waals surface area (Å²) in [5, 5.41) is 12.9. The summed E-state index contributed by atoms with van der Waals surface area (Å²) in [5.41, 5.74) is 1.01. The molecule has 2 aromatic rings. The third-order valence-electron chi connectivity index (χ3n) is 5.13. The molecule has 1 aromatic carbocycles. The number of carbonyl (C=O) groups excluding carboxylic acids is 1. The van der Waals surface area contributed by atoms with E-state index < -0.39 is 5.97 Å². The lowest BCUT2D eigenvalue weighted by Crippen LogP contribution is -2.26. The van der Waals surface area contributed by atoms with Crippen molar-refractivity contribution in [3.8, 4) is 11.3 Å². The average Bonchev–Trinajstić information content (AvgIpc) is 2.69. The second kappa shape index (κ2) is 9.39. The topological polar surface area (TPSA) is 79.3 Å². The Hall–Kier alpha value is -2.11. The summed E-state index contributed by atoms with van der Waals surface area (Å²) < 4.78 is 0. The van der Waals surface area contributed by atoms with Gasteiger partial charge in [0.05, 0.1) is 26.9 Å². The zero-order valence-electron chi connectivity index (χ0n) is 15.4. The van der Waals surface area contributed by atoms with Crippen LogP contribution in [-0.4, -0.2) is 28.5 Å². The molecule has 5 nitrogen and oxygen atoms in total. The Kier molecular flexibility index (Phi) is 6.92. The fourth-order valence-electron chi connectivity index (χ4n) is 3.64. The van der Waals surface area contributed by atoms with Crippen LogP contribution >= 0.6 is 23.2 Å². The molecule has 1 aromatic heterocycles. The molecule has 148 valence electrons. The van der Waals surface area contributed by atoms with Crippen molar-refractivity contribution >= 4 is 35.1 Å². The highest BCUT2D eigenvalue weighted by Crippen LogP contribution is 2.28. The highest BCUT2D eigenvalue weighted by molar-refractivity contribution is 6.34. The highest BCUT2D eigenvalue weighted by Gasteiger charge is 2.18. The monoisotopic (exact) mass is 420 g/mol. The largest absolute Gasteiger partial charge is 0.478 e. The van der Waals surface area contributed by atoms with Gasteiger partial charge in [-0.1, -0.05) is 61.4 Å². The molecule has 1 aliphatic rings. The molecular weight excluding hydrogens is 399 g/mol. The van der Waals surface area contributed by atoms with Crippen molar-refractivity contribution in [1.82, 2.24) is 10.3 Å². The van der Waals surface area contributed by atoms with Gasteiger partial charge in [-0.3, -0.25) is 9.78 Å². The Balaban J connectivity index is 1.76. The van der Waals surface area contributed by atoms with Crippen LogP contribution < -0.4 is 5.32 Å². The molecule has 3 rings (SSSR count). The van der Waals surface area contributed by atoms with E-state index in [1.807, 2.05) is 0 Å². The molecular formula is C21H22Cl2N2O3. The van der Waals surface area contributed by atoms with E-state index in [9.17, 15) is 14.7 Å². The summed E-state index contributed by atoms with van der Waals surface area (Å²) in [4.78, 5) is 28.3. The van der Waals surface area contributed by atoms with Gasteiger partial charge in [-0.2, -0.15) is 0 Å². The van der Waals surface area contributed by atoms with Crippen LogP contribution in [0.25, 0.3) is 11.3 Å². The Morgan fingerprint density at radius 1 is 1.11 bits per heavy atom. The second-order valence-electron chi connectivity index (χ2n) is 7.10. The first kappa shape index (κ1) is 20.6. The van der Waals surface area contributed by atoms with E-state index in [1.54, 1.807) is 18.2 Å². The maximum absolute atomic E-state index is 12.6. The smallest absolute Gasteiger partial charge is 0.337 e. The Morgan fingerprint density at radius 3 is 2.57 bits per heavy atom. The maximum Gasteiger partial charge on any atom is 0.337 e. The first-order valence-corrected chi connectivity index (χ1v) is 10.2. The van der Waals surface area contributed by atoms with Crippen molar-refractivity contribution in [1.29, 1.82) is 0 Å². The summed E-state index contributed by atoms with van der Waals surface area (Å²) in [6.45, 7) is 0.601. The van der Waals surface area contributed by atoms with Gasteiger partial charge in [0.1, 0.15) is 0 Å². The predicted octanol–water partition coefficient (Wildman–Crippen LogP) is 5.45. The lowest BCUT2D eigenvalue weighted by Gasteiger charge is -2.21. The number of nitrogens with one attached hydrogen (secondary N) is 1. The second-order valence-corrected chi connectivity index (χ2v) is 7.94. The number of nitrogens with zero attached hydrogens (tertiary/aromatic N) is 1. The molecule has 0 atom stereocenters. The van der Waals surface area contributed by atoms with Crippen LogP contribution in [-0.2, 0) is 0 Å². The van der Waals surface area contributed by atoms with Crippen LogP contribution in [0, 0.1) is 5.92 Å². The molecule has 0 saturated heterocycles. The summed E-state index contributed by atoms with van der Waals surface area (Å²) >= 11 is 12.1. The molecule has 0 radical (unpaired) electrons. The van der Waals surface area contributed by atoms with Crippen molar-refractivity contribution in [2.24, 2.45) is 5.92 Å². The van der Waals surface area contributed by atoms with Crippen LogP contribution in [0.15, 0.2) is 30.5 Å². The lowest BCUT2D eigenvalue weighted by atomic mass is 9.87. The minimum atomic E-state index is -1.14. The van der Waals surface area contributed by atoms with Gasteiger partial charge >= 0.3 is 5.97 Å². The predicted molar refractivity (Wildman–Crippen MR) is 110 cm³/mol. The summed E-state index contributed by atoms with van der Waals surface area (Å²) in [7, 11) is 0. The zero-order valence-corrected chi connectivity index (χ0v) is 16.9. The van der Waals surface area contributed by atoms with Gasteiger partial charge in [-0.05, 0) is 30.5 Å². The first-order valence-electron chi connectivity index (χ1n) is 9.42. The van der Waals surface area contributed by atoms with Crippen LogP contribution in [0.2, 0.25) is 10.0 Å². The Labute approximate surface area is 174 Å². The van der Waals surface area contributed by atoms with Gasteiger partial charge < -0.3 is 10.4 Å². The van der Waals surface area contributed by atoms with E-state index in [1.165, 1.54) is 44.4 Å². The van der Waals surface area contributed by atoms with Crippen molar-refractivity contribution in [2.75, 3.05) is 6.54 Å². The van der Waals surface area contributed by atoms with Gasteiger partial charge in [0.25, 0.3) is 5.91 Å². The fourth-order valence-corrected chi connectivity index (χ4v) is 4.00. The van der Waals surface area contributed by atoms with Crippen LogP contribution in [0.1, 0.15) is 59.2 Å². The van der Waals surface area contributed by atoms with Crippen LogP contribution in [0.5, 0.6) is 0 Å². The molecule has 2 N–H and O–H groups in total. The minimum Gasteiger partial charge on any atom is -0.478 e. The zero-order chi connectivity index (χ0) is 20.1. The van der Waals surface area contributed by atoms with Crippen molar-refractivity contribution < 1.29 is 14.7 Å². The number of halogens is 2. The third kappa shape index (κ3) is 5.03. The number of benzene rings is 1. The van der Waals surface area contributed by atoms with E-state index in [4.69, 9.17) is 23.2 Å². The number of aromatic carboxylic acids is 1. The fraction of sp³-hybridized carbons (Fsp3) is 0.381. The third-order valence-corrected chi connectivity index (χ3v) is 5.67. The molecule has 0 aliphatic heterocycles. The molecule has 0 spiro atoms. The molecule has 1 amide bonds. The lowest BCUT2D eigenvalue weighted by molar-refractivity contribution is 0.0697. The normalized spacial score (nSPS) is 14.6. The van der Waals surface area contributed by atoms with Crippen molar-refractivity contribution in [2.45, 2.75) is 38.5 Å². The van der Waals surface area contributed by atoms with E-state index in [0.717, 1.165) is 6.42 Å². The van der Waals surface area contributed by atoms with Crippen LogP contribution in [0.4, 0.5) is 0 Å². The van der Waals surface area contributed by atoms with E-state index in [2.05, 4.69) is 10.3 Å². The van der Waals surface area contributed by atoms with Crippen LogP contribution in [0.3, 0.4) is 0 Å². The summed E-state index contributed by atoms with van der Waals surface area (Å²) in [5.74, 6) is -0.737. The average molecular weight is 421 g/mol. The number of carboxylic acid groups (broad SMARTS) is 1. The maximum atomic E-state index is 12.6. The number of rotatable bonds is 6. The van der Waals surface area contributed by atoms with Gasteiger partial charge in [0.15, 0.2) is 0 Å². The number of amides is 1. The van der Waals surface area contributed by atoms with E-state index >= 15 is 0 Å². The molecule has 1 fully saturated rings. The standard InChI is InChI=1S/C21H22Cl2N2O3/c22-15-11-17(21(27)28)19(25-12-15)14-6-7-18(23)16(10-14)20(26)24-9-8-13-4-2-1-3-5-13/h6-7,10-13H,1-5,8-9H2,(H,24,26)(H,27,28). The Bertz CT molecular complexity index is 880. The number of carbonyl (C=O) groups is 2. The van der Waals surface area contributed by atoms with Gasteiger partial charge in [0.2, 0.25) is 0 Å². The highest BCUT2D eigenvalue weighted by atomic mass is 35.5. The number of carboxylic acids is 1. The van der Waals surface area contributed by atoms with E-state index in [-0.39, 0.29) is 22.2 Å². The summed E-state index contributed by atoms with van der Waals surface area (Å²) in [6.07, 6.45) is 8.65. The minimum absolute atomic E-state index is 0.0292. The molecule has 0 unspecified atom stereocenters. The van der Waals surface area contributed by atoms with Gasteiger partial charge in [0, 0.05) is 18.3 Å².